The van der Waals surface area contributed by atoms with Crippen molar-refractivity contribution < 1.29 is 19.1 Å². The molecule has 0 radical (unpaired) electrons. The number of aryl methyl sites for hydroxylation is 1. The topological polar surface area (TPSA) is 107 Å². The molecule has 1 aliphatic rings. The molecule has 3 aromatic rings. The Morgan fingerprint density at radius 2 is 2.06 bits per heavy atom. The number of aromatic nitrogens is 3. The number of rotatable bonds is 6. The number of nitriles is 1. The van der Waals surface area contributed by atoms with Gasteiger partial charge in [-0.3, -0.25) is 9.59 Å². The normalized spacial score (nSPS) is 15.6. The fraction of sp³-hybridized carbons (Fsp3) is 0.370. The maximum atomic E-state index is 12.9. The molecule has 1 aliphatic carbocycles. The van der Waals surface area contributed by atoms with Gasteiger partial charge in [-0.2, -0.15) is 5.26 Å². The Balaban J connectivity index is 1.41. The number of ether oxygens (including phenoxy) is 2. The van der Waals surface area contributed by atoms with Gasteiger partial charge in [-0.1, -0.05) is 18.2 Å². The second kappa shape index (κ2) is 10.1. The summed E-state index contributed by atoms with van der Waals surface area (Å²) in [6.07, 6.45) is 4.19. The maximum Gasteiger partial charge on any atom is 0.309 e. The number of fused-ring (bicyclic) bond motifs is 1. The largest absolute Gasteiger partial charge is 0.459 e. The number of nitrogens with zero attached hydrogens (tertiary/aromatic N) is 4. The lowest BCUT2D eigenvalue weighted by Gasteiger charge is -2.31. The highest BCUT2D eigenvalue weighted by Crippen LogP contribution is 2.38. The zero-order valence-electron chi connectivity index (χ0n) is 20.4. The molecular formula is C27H28N4O4. The van der Waals surface area contributed by atoms with E-state index < -0.39 is 0 Å². The Labute approximate surface area is 204 Å². The van der Waals surface area contributed by atoms with E-state index in [9.17, 15) is 9.59 Å². The van der Waals surface area contributed by atoms with Gasteiger partial charge >= 0.3 is 11.9 Å². The number of hydrogen-bond acceptors (Lipinski definition) is 7. The van der Waals surface area contributed by atoms with Crippen molar-refractivity contribution in [3.63, 3.8) is 0 Å². The summed E-state index contributed by atoms with van der Waals surface area (Å²) in [6.45, 7) is 7.33. The first-order valence-corrected chi connectivity index (χ1v) is 11.7. The summed E-state index contributed by atoms with van der Waals surface area (Å²) >= 11 is 0. The molecule has 2 unspecified atom stereocenters. The molecule has 0 saturated carbocycles. The number of benzene rings is 2. The van der Waals surface area contributed by atoms with Crippen LogP contribution in [0.15, 0.2) is 36.5 Å². The minimum absolute atomic E-state index is 0.0269. The van der Waals surface area contributed by atoms with Gasteiger partial charge in [0.2, 0.25) is 0 Å². The van der Waals surface area contributed by atoms with Gasteiger partial charge in [-0.15, -0.1) is 5.10 Å². The third-order valence-corrected chi connectivity index (χ3v) is 6.72. The van der Waals surface area contributed by atoms with Crippen LogP contribution >= 0.6 is 0 Å². The van der Waals surface area contributed by atoms with E-state index in [1.807, 2.05) is 32.9 Å². The van der Waals surface area contributed by atoms with Crippen LogP contribution in [0.1, 0.15) is 53.8 Å². The zero-order valence-corrected chi connectivity index (χ0v) is 20.4. The Kier molecular flexibility index (Phi) is 6.97. The SMILES string of the molecule is CC(=O)Oc1cc(C)c2c(c1C)CC(C(C)C(=O)OCc1cn(-c3cccc(C#N)c3)nn1)CC2. The molecular weight excluding hydrogens is 444 g/mol. The molecule has 0 N–H and O–H groups in total. The first kappa shape index (κ1) is 24.1. The van der Waals surface area contributed by atoms with Crippen molar-refractivity contribution in [3.05, 3.63) is 70.0 Å². The van der Waals surface area contributed by atoms with Gasteiger partial charge in [0.25, 0.3) is 0 Å². The quantitative estimate of drug-likeness (QED) is 0.391. The van der Waals surface area contributed by atoms with Gasteiger partial charge in [0.05, 0.1) is 29.4 Å². The van der Waals surface area contributed by atoms with Crippen LogP contribution in [0.25, 0.3) is 5.69 Å². The zero-order chi connectivity index (χ0) is 25.1. The van der Waals surface area contributed by atoms with Crippen LogP contribution in [0, 0.1) is 37.0 Å². The van der Waals surface area contributed by atoms with Crippen molar-refractivity contribution in [2.75, 3.05) is 0 Å². The van der Waals surface area contributed by atoms with Crippen LogP contribution in [-0.4, -0.2) is 26.9 Å². The van der Waals surface area contributed by atoms with E-state index >= 15 is 0 Å². The van der Waals surface area contributed by atoms with E-state index in [0.29, 0.717) is 22.7 Å². The minimum atomic E-state index is -0.341. The van der Waals surface area contributed by atoms with Crippen LogP contribution in [-0.2, 0) is 33.8 Å². The van der Waals surface area contributed by atoms with Crippen LogP contribution in [0.3, 0.4) is 0 Å². The monoisotopic (exact) mass is 472 g/mol. The van der Waals surface area contributed by atoms with Gasteiger partial charge in [-0.05, 0) is 85.5 Å². The molecule has 35 heavy (non-hydrogen) atoms. The summed E-state index contributed by atoms with van der Waals surface area (Å²) in [5, 5.41) is 17.2. The second-order valence-electron chi connectivity index (χ2n) is 9.08. The minimum Gasteiger partial charge on any atom is -0.459 e. The van der Waals surface area contributed by atoms with Crippen molar-refractivity contribution in [1.82, 2.24) is 15.0 Å². The smallest absolute Gasteiger partial charge is 0.309 e. The Morgan fingerprint density at radius 3 is 2.80 bits per heavy atom. The standard InChI is InChI=1S/C27H28N4O4/c1-16-10-26(35-19(4)32)18(3)25-12-21(8-9-24(16)25)17(2)27(33)34-15-22-14-31(30-29-22)23-7-5-6-20(11-23)13-28/h5-7,10-11,14,17,21H,8-9,12,15H2,1-4H3. The third-order valence-electron chi connectivity index (χ3n) is 6.72. The predicted molar refractivity (Wildman–Crippen MR) is 128 cm³/mol. The Hall–Kier alpha value is -3.99. The first-order valence-electron chi connectivity index (χ1n) is 11.7. The summed E-state index contributed by atoms with van der Waals surface area (Å²) in [5.41, 5.74) is 6.29. The molecule has 1 heterocycles. The lowest BCUT2D eigenvalue weighted by atomic mass is 9.75. The molecule has 8 heteroatoms. The van der Waals surface area contributed by atoms with Crippen molar-refractivity contribution >= 4 is 11.9 Å². The van der Waals surface area contributed by atoms with E-state index in [-0.39, 0.29) is 30.4 Å². The fourth-order valence-electron chi connectivity index (χ4n) is 4.69. The molecule has 0 amide bonds. The van der Waals surface area contributed by atoms with E-state index in [1.54, 1.807) is 29.1 Å². The number of esters is 2. The summed E-state index contributed by atoms with van der Waals surface area (Å²) in [4.78, 5) is 24.4. The van der Waals surface area contributed by atoms with Crippen LogP contribution in [0.4, 0.5) is 0 Å². The second-order valence-corrected chi connectivity index (χ2v) is 9.08. The summed E-state index contributed by atoms with van der Waals surface area (Å²) in [6, 6.07) is 11.1. The first-order chi connectivity index (χ1) is 16.8. The third kappa shape index (κ3) is 5.24. The molecule has 2 aromatic carbocycles. The van der Waals surface area contributed by atoms with Crippen molar-refractivity contribution in [1.29, 1.82) is 5.26 Å². The van der Waals surface area contributed by atoms with Gasteiger partial charge in [0.1, 0.15) is 18.1 Å². The molecule has 180 valence electrons. The fourth-order valence-corrected chi connectivity index (χ4v) is 4.69. The Morgan fingerprint density at radius 1 is 1.26 bits per heavy atom. The number of hydrogen-bond donors (Lipinski definition) is 0. The summed E-state index contributed by atoms with van der Waals surface area (Å²) in [5.74, 6) is -0.183. The van der Waals surface area contributed by atoms with Crippen molar-refractivity contribution in [3.8, 4) is 17.5 Å². The van der Waals surface area contributed by atoms with Crippen molar-refractivity contribution in [2.24, 2.45) is 11.8 Å². The van der Waals surface area contributed by atoms with Crippen LogP contribution in [0.5, 0.6) is 5.75 Å². The molecule has 0 saturated heterocycles. The summed E-state index contributed by atoms with van der Waals surface area (Å²) in [7, 11) is 0. The number of carbonyl (C=O) groups is 2. The average molecular weight is 473 g/mol. The Bertz CT molecular complexity index is 1320. The highest BCUT2D eigenvalue weighted by molar-refractivity contribution is 5.73. The molecule has 4 rings (SSSR count). The van der Waals surface area contributed by atoms with Gasteiger partial charge in [-0.25, -0.2) is 4.68 Å². The predicted octanol–water partition coefficient (Wildman–Crippen LogP) is 4.17. The van der Waals surface area contributed by atoms with E-state index in [1.165, 1.54) is 18.1 Å². The molecule has 0 fully saturated rings. The lowest BCUT2D eigenvalue weighted by Crippen LogP contribution is -2.29. The van der Waals surface area contributed by atoms with Gasteiger partial charge in [0.15, 0.2) is 0 Å². The molecule has 1 aromatic heterocycles. The molecule has 2 atom stereocenters. The van der Waals surface area contributed by atoms with Gasteiger partial charge < -0.3 is 9.47 Å². The molecule has 0 bridgehead atoms. The average Bonchev–Trinajstić information content (AvgIpc) is 3.34. The van der Waals surface area contributed by atoms with Crippen LogP contribution < -0.4 is 4.74 Å². The summed E-state index contributed by atoms with van der Waals surface area (Å²) < 4.78 is 12.5. The lowest BCUT2D eigenvalue weighted by molar-refractivity contribution is -0.151. The maximum absolute atomic E-state index is 12.9. The molecule has 0 aliphatic heterocycles. The highest BCUT2D eigenvalue weighted by Gasteiger charge is 2.31. The number of carbonyl (C=O) groups excluding carboxylic acids is 2. The van der Waals surface area contributed by atoms with E-state index in [0.717, 1.165) is 30.4 Å². The van der Waals surface area contributed by atoms with E-state index in [2.05, 4.69) is 16.4 Å². The van der Waals surface area contributed by atoms with E-state index in [4.69, 9.17) is 14.7 Å². The molecule has 0 spiro atoms. The van der Waals surface area contributed by atoms with Crippen molar-refractivity contribution in [2.45, 2.75) is 53.6 Å². The van der Waals surface area contributed by atoms with Gasteiger partial charge in [0, 0.05) is 6.92 Å². The molecule has 8 nitrogen and oxygen atoms in total. The van der Waals surface area contributed by atoms with Crippen LogP contribution in [0.2, 0.25) is 0 Å². The highest BCUT2D eigenvalue weighted by atomic mass is 16.5.